The molecule has 59 heavy (non-hydrogen) atoms. The third-order valence-electron chi connectivity index (χ3n) is 10.5. The van der Waals surface area contributed by atoms with Crippen LogP contribution in [0.2, 0.25) is 0 Å². The molecule has 0 heterocycles. The summed E-state index contributed by atoms with van der Waals surface area (Å²) in [4.78, 5) is 46.0. The molecule has 12 heteroatoms. The number of hydrogen-bond acceptors (Lipinski definition) is 8. The molecule has 0 bridgehead atoms. The van der Waals surface area contributed by atoms with Crippen LogP contribution >= 0.6 is 7.82 Å². The zero-order valence-corrected chi connectivity index (χ0v) is 38.5. The van der Waals surface area contributed by atoms with Crippen LogP contribution in [0, 0.1) is 0 Å². The average molecular weight is 858 g/mol. The van der Waals surface area contributed by atoms with Crippen LogP contribution < -0.4 is 5.32 Å². The number of phosphoric acid groups is 1. The second-order valence-corrected chi connectivity index (χ2v) is 17.7. The van der Waals surface area contributed by atoms with Crippen molar-refractivity contribution in [2.45, 2.75) is 238 Å². The first-order valence-electron chi connectivity index (χ1n) is 23.9. The zero-order valence-electron chi connectivity index (χ0n) is 37.6. The Bertz CT molecular complexity index is 1100. The molecule has 0 aliphatic heterocycles. The van der Waals surface area contributed by atoms with E-state index in [2.05, 4.69) is 43.5 Å². The SMILES string of the molecule is CCCCC/C=C\CCCCCCCC(=O)OCC(O)COP(=O)(O)OCC(NC(=O)CCCCCCCCCCCCCCC/C=C/CCCCCCCC)C(=O)O. The van der Waals surface area contributed by atoms with E-state index in [1.807, 2.05) is 0 Å². The number of carbonyl (C=O) groups is 3. The number of allylic oxidation sites excluding steroid dienone is 4. The fraction of sp³-hybridized carbons (Fsp3) is 0.851. The molecule has 0 aliphatic rings. The Hall–Kier alpha value is -2.04. The van der Waals surface area contributed by atoms with Gasteiger partial charge in [0.1, 0.15) is 12.7 Å². The van der Waals surface area contributed by atoms with Crippen molar-refractivity contribution in [2.24, 2.45) is 0 Å². The van der Waals surface area contributed by atoms with Crippen molar-refractivity contribution in [3.05, 3.63) is 24.3 Å². The van der Waals surface area contributed by atoms with Gasteiger partial charge in [-0.2, -0.15) is 0 Å². The predicted molar refractivity (Wildman–Crippen MR) is 240 cm³/mol. The Labute approximate surface area is 359 Å². The van der Waals surface area contributed by atoms with Crippen LogP contribution in [0.5, 0.6) is 0 Å². The van der Waals surface area contributed by atoms with Crippen LogP contribution in [0.15, 0.2) is 24.3 Å². The van der Waals surface area contributed by atoms with E-state index < -0.39 is 57.6 Å². The summed E-state index contributed by atoms with van der Waals surface area (Å²) in [6.07, 6.45) is 44.9. The molecule has 11 nitrogen and oxygen atoms in total. The topological polar surface area (TPSA) is 169 Å². The van der Waals surface area contributed by atoms with Gasteiger partial charge in [0.25, 0.3) is 0 Å². The Morgan fingerprint density at radius 2 is 0.881 bits per heavy atom. The number of carboxylic acid groups (broad SMARTS) is 1. The number of hydrogen-bond donors (Lipinski definition) is 4. The highest BCUT2D eigenvalue weighted by atomic mass is 31.2. The molecule has 1 amide bonds. The summed E-state index contributed by atoms with van der Waals surface area (Å²) in [5.74, 6) is -2.37. The fourth-order valence-corrected chi connectivity index (χ4v) is 7.49. The van der Waals surface area contributed by atoms with Gasteiger partial charge in [0.15, 0.2) is 6.04 Å². The third kappa shape index (κ3) is 42.4. The normalized spacial score (nSPS) is 13.8. The molecule has 0 saturated heterocycles. The van der Waals surface area contributed by atoms with Crippen molar-refractivity contribution >= 4 is 25.7 Å². The minimum absolute atomic E-state index is 0.147. The molecule has 0 spiro atoms. The second-order valence-electron chi connectivity index (χ2n) is 16.3. The molecule has 0 fully saturated rings. The number of rotatable bonds is 45. The highest BCUT2D eigenvalue weighted by Crippen LogP contribution is 2.43. The Morgan fingerprint density at radius 1 is 0.525 bits per heavy atom. The Balaban J connectivity index is 3.82. The summed E-state index contributed by atoms with van der Waals surface area (Å²) in [5, 5.41) is 21.9. The minimum atomic E-state index is -4.76. The van der Waals surface area contributed by atoms with Crippen molar-refractivity contribution in [1.82, 2.24) is 5.32 Å². The first-order chi connectivity index (χ1) is 28.6. The molecule has 0 aromatic carbocycles. The summed E-state index contributed by atoms with van der Waals surface area (Å²) in [6, 6.07) is -1.55. The summed E-state index contributed by atoms with van der Waals surface area (Å²) < 4.78 is 26.8. The number of nitrogens with one attached hydrogen (secondary N) is 1. The van der Waals surface area contributed by atoms with Crippen molar-refractivity contribution in [3.63, 3.8) is 0 Å². The molecule has 0 aromatic rings. The van der Waals surface area contributed by atoms with Crippen LogP contribution in [0.3, 0.4) is 0 Å². The first-order valence-corrected chi connectivity index (χ1v) is 25.4. The maximum atomic E-state index is 12.3. The monoisotopic (exact) mass is 858 g/mol. The fourth-order valence-electron chi connectivity index (χ4n) is 6.72. The lowest BCUT2D eigenvalue weighted by Gasteiger charge is -2.18. The number of ether oxygens (including phenoxy) is 1. The van der Waals surface area contributed by atoms with E-state index in [0.717, 1.165) is 57.8 Å². The number of carboxylic acids is 1. The maximum absolute atomic E-state index is 12.3. The molecule has 3 atom stereocenters. The Morgan fingerprint density at radius 3 is 1.32 bits per heavy atom. The average Bonchev–Trinajstić information content (AvgIpc) is 3.21. The molecule has 4 N–H and O–H groups in total. The van der Waals surface area contributed by atoms with E-state index in [1.165, 1.54) is 128 Å². The van der Waals surface area contributed by atoms with Gasteiger partial charge in [-0.3, -0.25) is 18.6 Å². The quantitative estimate of drug-likeness (QED) is 0.0200. The maximum Gasteiger partial charge on any atom is 0.472 e. The number of amides is 1. The van der Waals surface area contributed by atoms with Gasteiger partial charge >= 0.3 is 19.8 Å². The van der Waals surface area contributed by atoms with Gasteiger partial charge in [-0.05, 0) is 64.2 Å². The molecule has 346 valence electrons. The van der Waals surface area contributed by atoms with E-state index in [9.17, 15) is 34.1 Å². The summed E-state index contributed by atoms with van der Waals surface area (Å²) >= 11 is 0. The number of unbranched alkanes of at least 4 members (excludes halogenated alkanes) is 27. The number of phosphoric ester groups is 1. The molecule has 0 rings (SSSR count). The number of aliphatic hydroxyl groups excluding tert-OH is 1. The van der Waals surface area contributed by atoms with Crippen LogP contribution in [-0.2, 0) is 32.7 Å². The van der Waals surface area contributed by atoms with E-state index in [-0.39, 0.29) is 12.8 Å². The van der Waals surface area contributed by atoms with Crippen molar-refractivity contribution in [2.75, 3.05) is 19.8 Å². The molecular formula is C47H88NO10P. The summed E-state index contributed by atoms with van der Waals surface area (Å²) in [6.45, 7) is 2.57. The van der Waals surface area contributed by atoms with Gasteiger partial charge in [-0.1, -0.05) is 173 Å². The molecule has 0 aliphatic carbocycles. The van der Waals surface area contributed by atoms with Gasteiger partial charge < -0.3 is 25.2 Å². The van der Waals surface area contributed by atoms with Crippen molar-refractivity contribution in [3.8, 4) is 0 Å². The lowest BCUT2D eigenvalue weighted by Crippen LogP contribution is -2.43. The zero-order chi connectivity index (χ0) is 43.5. The number of carbonyl (C=O) groups excluding carboxylic acids is 2. The number of aliphatic carboxylic acids is 1. The molecule has 0 aromatic heterocycles. The van der Waals surface area contributed by atoms with E-state index in [4.69, 9.17) is 13.8 Å². The van der Waals surface area contributed by atoms with E-state index in [1.54, 1.807) is 0 Å². The summed E-state index contributed by atoms with van der Waals surface area (Å²) in [7, 11) is -4.76. The summed E-state index contributed by atoms with van der Waals surface area (Å²) in [5.41, 5.74) is 0. The highest BCUT2D eigenvalue weighted by Gasteiger charge is 2.28. The number of esters is 1. The lowest BCUT2D eigenvalue weighted by atomic mass is 10.0. The minimum Gasteiger partial charge on any atom is -0.480 e. The Kier molecular flexibility index (Phi) is 41.2. The van der Waals surface area contributed by atoms with Crippen molar-refractivity contribution < 1.29 is 47.8 Å². The second kappa shape index (κ2) is 42.6. The molecule has 0 radical (unpaired) electrons. The van der Waals surface area contributed by atoms with Gasteiger partial charge in [-0.25, -0.2) is 9.36 Å². The van der Waals surface area contributed by atoms with Crippen molar-refractivity contribution in [1.29, 1.82) is 0 Å². The molecule has 3 unspecified atom stereocenters. The lowest BCUT2D eigenvalue weighted by molar-refractivity contribution is -0.147. The molecule has 0 saturated carbocycles. The van der Waals surface area contributed by atoms with Crippen LogP contribution in [0.4, 0.5) is 0 Å². The van der Waals surface area contributed by atoms with Gasteiger partial charge in [0.05, 0.1) is 13.2 Å². The van der Waals surface area contributed by atoms with Crippen LogP contribution in [0.25, 0.3) is 0 Å². The van der Waals surface area contributed by atoms with Gasteiger partial charge in [0, 0.05) is 12.8 Å². The molecular weight excluding hydrogens is 769 g/mol. The number of aliphatic hydroxyl groups is 1. The van der Waals surface area contributed by atoms with Crippen LogP contribution in [-0.4, -0.2) is 64.9 Å². The van der Waals surface area contributed by atoms with Gasteiger partial charge in [-0.15, -0.1) is 0 Å². The van der Waals surface area contributed by atoms with Gasteiger partial charge in [0.2, 0.25) is 5.91 Å². The first kappa shape index (κ1) is 57.0. The largest absolute Gasteiger partial charge is 0.480 e. The predicted octanol–water partition coefficient (Wildman–Crippen LogP) is 12.6. The smallest absolute Gasteiger partial charge is 0.472 e. The highest BCUT2D eigenvalue weighted by molar-refractivity contribution is 7.47. The third-order valence-corrected chi connectivity index (χ3v) is 11.4. The van der Waals surface area contributed by atoms with Crippen LogP contribution in [0.1, 0.15) is 226 Å². The van der Waals surface area contributed by atoms with E-state index in [0.29, 0.717) is 12.8 Å². The standard InChI is InChI=1S/C47H88NO10P/c1-3-5-7-9-11-13-15-17-18-19-20-21-22-23-24-25-26-27-28-30-32-34-36-38-45(50)48-44(47(52)53)42-58-59(54,55)57-41-43(49)40-56-46(51)39-37-35-33-31-29-16-14-12-10-8-6-4-2/h12,14,17-18,43-44,49H,3-11,13,15-16,19-42H2,1-2H3,(H,48,50)(H,52,53)(H,54,55)/b14-12-,18-17+. The van der Waals surface area contributed by atoms with E-state index >= 15 is 0 Å².